The molecule has 0 aromatic carbocycles. The van der Waals surface area contributed by atoms with Crippen molar-refractivity contribution in [3.63, 3.8) is 0 Å². The SMILES string of the molecule is O=S(=O)(c1cccs1)N(c1ccccn1)C1CC1. The van der Waals surface area contributed by atoms with Crippen LogP contribution in [0.3, 0.4) is 0 Å². The molecular weight excluding hydrogens is 268 g/mol. The summed E-state index contributed by atoms with van der Waals surface area (Å²) in [6, 6.07) is 8.78. The fourth-order valence-corrected chi connectivity index (χ4v) is 4.55. The van der Waals surface area contributed by atoms with E-state index in [1.54, 1.807) is 35.8 Å². The van der Waals surface area contributed by atoms with Crippen molar-refractivity contribution in [2.75, 3.05) is 4.31 Å². The van der Waals surface area contributed by atoms with Crippen molar-refractivity contribution in [3.8, 4) is 0 Å². The summed E-state index contributed by atoms with van der Waals surface area (Å²) in [4.78, 5) is 4.17. The first-order chi connectivity index (χ1) is 8.69. The van der Waals surface area contributed by atoms with Gasteiger partial charge in [0.1, 0.15) is 10.0 Å². The fourth-order valence-electron chi connectivity index (χ4n) is 1.81. The number of pyridine rings is 1. The van der Waals surface area contributed by atoms with Gasteiger partial charge in [0.25, 0.3) is 10.0 Å². The van der Waals surface area contributed by atoms with Crippen LogP contribution in [0.4, 0.5) is 5.82 Å². The van der Waals surface area contributed by atoms with Gasteiger partial charge < -0.3 is 0 Å². The zero-order valence-corrected chi connectivity index (χ0v) is 11.2. The van der Waals surface area contributed by atoms with Crippen molar-refractivity contribution in [1.29, 1.82) is 0 Å². The lowest BCUT2D eigenvalue weighted by molar-refractivity contribution is 0.591. The highest BCUT2D eigenvalue weighted by Crippen LogP contribution is 2.36. The van der Waals surface area contributed by atoms with Gasteiger partial charge in [-0.05, 0) is 36.4 Å². The van der Waals surface area contributed by atoms with E-state index in [0.29, 0.717) is 10.0 Å². The van der Waals surface area contributed by atoms with Crippen molar-refractivity contribution in [3.05, 3.63) is 41.9 Å². The lowest BCUT2D eigenvalue weighted by Gasteiger charge is -2.22. The quantitative estimate of drug-likeness (QED) is 0.864. The topological polar surface area (TPSA) is 50.3 Å². The molecule has 0 saturated heterocycles. The lowest BCUT2D eigenvalue weighted by Crippen LogP contribution is -2.33. The van der Waals surface area contributed by atoms with E-state index in [9.17, 15) is 8.42 Å². The Morgan fingerprint density at radius 1 is 1.22 bits per heavy atom. The number of hydrogen-bond acceptors (Lipinski definition) is 4. The average Bonchev–Trinajstić information content (AvgIpc) is 3.02. The van der Waals surface area contributed by atoms with E-state index in [4.69, 9.17) is 0 Å². The summed E-state index contributed by atoms with van der Waals surface area (Å²) < 4.78 is 27.0. The maximum Gasteiger partial charge on any atom is 0.275 e. The Morgan fingerprint density at radius 3 is 2.61 bits per heavy atom. The van der Waals surface area contributed by atoms with Crippen LogP contribution < -0.4 is 4.31 Å². The predicted molar refractivity (Wildman–Crippen MR) is 71.2 cm³/mol. The third-order valence-corrected chi connectivity index (χ3v) is 5.99. The summed E-state index contributed by atoms with van der Waals surface area (Å²) >= 11 is 1.24. The van der Waals surface area contributed by atoms with Crippen molar-refractivity contribution in [2.24, 2.45) is 0 Å². The number of nitrogens with zero attached hydrogens (tertiary/aromatic N) is 2. The third kappa shape index (κ3) is 2.02. The largest absolute Gasteiger partial charge is 0.275 e. The summed E-state index contributed by atoms with van der Waals surface area (Å²) in [5, 5.41) is 1.77. The molecule has 3 rings (SSSR count). The Hall–Kier alpha value is -1.40. The number of anilines is 1. The minimum absolute atomic E-state index is 0.0620. The van der Waals surface area contributed by atoms with Gasteiger partial charge in [-0.15, -0.1) is 11.3 Å². The Labute approximate surface area is 110 Å². The number of sulfonamides is 1. The zero-order valence-electron chi connectivity index (χ0n) is 9.56. The molecule has 1 aliphatic rings. The molecule has 0 amide bonds. The van der Waals surface area contributed by atoms with Crippen LogP contribution in [0, 0.1) is 0 Å². The van der Waals surface area contributed by atoms with Gasteiger partial charge in [-0.2, -0.15) is 0 Å². The van der Waals surface area contributed by atoms with E-state index < -0.39 is 10.0 Å². The van der Waals surface area contributed by atoms with Gasteiger partial charge in [0.2, 0.25) is 0 Å². The summed E-state index contributed by atoms with van der Waals surface area (Å²) in [6.45, 7) is 0. The predicted octanol–water partition coefficient (Wildman–Crippen LogP) is 2.50. The molecule has 2 heterocycles. The molecule has 0 N–H and O–H groups in total. The minimum atomic E-state index is -3.46. The second-order valence-electron chi connectivity index (χ2n) is 4.15. The highest BCUT2D eigenvalue weighted by molar-refractivity contribution is 7.94. The number of thiophene rings is 1. The normalized spacial score (nSPS) is 15.6. The summed E-state index contributed by atoms with van der Waals surface area (Å²) in [5.41, 5.74) is 0. The van der Waals surface area contributed by atoms with E-state index in [1.165, 1.54) is 15.6 Å². The minimum Gasteiger partial charge on any atom is -0.246 e. The highest BCUT2D eigenvalue weighted by atomic mass is 32.2. The number of aromatic nitrogens is 1. The Kier molecular flexibility index (Phi) is 2.83. The Morgan fingerprint density at radius 2 is 2.06 bits per heavy atom. The van der Waals surface area contributed by atoms with Crippen LogP contribution in [-0.2, 0) is 10.0 Å². The Bertz CT molecular complexity index is 619. The second-order valence-corrected chi connectivity index (χ2v) is 7.14. The molecule has 0 radical (unpaired) electrons. The average molecular weight is 280 g/mol. The molecule has 0 aliphatic heterocycles. The molecule has 4 nitrogen and oxygen atoms in total. The zero-order chi connectivity index (χ0) is 12.6. The first-order valence-electron chi connectivity index (χ1n) is 5.68. The van der Waals surface area contributed by atoms with Crippen LogP contribution in [0.15, 0.2) is 46.1 Å². The third-order valence-electron chi connectivity index (χ3n) is 2.76. The summed E-state index contributed by atoms with van der Waals surface area (Å²) in [5.74, 6) is 0.508. The number of hydrogen-bond donors (Lipinski definition) is 0. The summed E-state index contributed by atoms with van der Waals surface area (Å²) in [7, 11) is -3.46. The van der Waals surface area contributed by atoms with Crippen LogP contribution in [-0.4, -0.2) is 19.4 Å². The monoisotopic (exact) mass is 280 g/mol. The van der Waals surface area contributed by atoms with E-state index in [1.807, 2.05) is 6.07 Å². The van der Waals surface area contributed by atoms with Gasteiger partial charge in [0, 0.05) is 12.2 Å². The first-order valence-corrected chi connectivity index (χ1v) is 8.00. The lowest BCUT2D eigenvalue weighted by atomic mass is 10.4. The summed E-state index contributed by atoms with van der Waals surface area (Å²) in [6.07, 6.45) is 3.43. The molecule has 0 atom stereocenters. The molecule has 0 unspecified atom stereocenters. The van der Waals surface area contributed by atoms with Gasteiger partial charge in [-0.25, -0.2) is 17.7 Å². The van der Waals surface area contributed by atoms with Crippen LogP contribution in [0.5, 0.6) is 0 Å². The van der Waals surface area contributed by atoms with Crippen LogP contribution in [0.2, 0.25) is 0 Å². The molecular formula is C12H12N2O2S2. The second kappa shape index (κ2) is 4.37. The van der Waals surface area contributed by atoms with Crippen LogP contribution in [0.1, 0.15) is 12.8 Å². The molecule has 2 aromatic heterocycles. The molecule has 18 heavy (non-hydrogen) atoms. The molecule has 94 valence electrons. The fraction of sp³-hybridized carbons (Fsp3) is 0.250. The Balaban J connectivity index is 2.06. The smallest absolute Gasteiger partial charge is 0.246 e. The molecule has 0 bridgehead atoms. The van der Waals surface area contributed by atoms with Gasteiger partial charge in [-0.3, -0.25) is 0 Å². The van der Waals surface area contributed by atoms with E-state index >= 15 is 0 Å². The van der Waals surface area contributed by atoms with Gasteiger partial charge >= 0.3 is 0 Å². The number of rotatable bonds is 4. The maximum absolute atomic E-state index is 12.6. The van der Waals surface area contributed by atoms with Crippen molar-refractivity contribution in [2.45, 2.75) is 23.1 Å². The molecule has 6 heteroatoms. The van der Waals surface area contributed by atoms with E-state index in [-0.39, 0.29) is 6.04 Å². The van der Waals surface area contributed by atoms with Crippen molar-refractivity contribution < 1.29 is 8.42 Å². The van der Waals surface area contributed by atoms with Gasteiger partial charge in [0.15, 0.2) is 0 Å². The van der Waals surface area contributed by atoms with Gasteiger partial charge in [0.05, 0.1) is 0 Å². The molecule has 2 aromatic rings. The standard InChI is InChI=1S/C12H12N2O2S2/c15-18(16,12-5-3-9-17-12)14(10-6-7-10)11-4-1-2-8-13-11/h1-5,8-10H,6-7H2. The van der Waals surface area contributed by atoms with Gasteiger partial charge in [-0.1, -0.05) is 12.1 Å². The molecule has 1 fully saturated rings. The van der Waals surface area contributed by atoms with Crippen molar-refractivity contribution in [1.82, 2.24) is 4.98 Å². The van der Waals surface area contributed by atoms with E-state index in [2.05, 4.69) is 4.98 Å². The molecule has 1 saturated carbocycles. The first kappa shape index (κ1) is 11.7. The van der Waals surface area contributed by atoms with Crippen LogP contribution in [0.25, 0.3) is 0 Å². The molecule has 0 spiro atoms. The van der Waals surface area contributed by atoms with Crippen molar-refractivity contribution >= 4 is 27.2 Å². The highest BCUT2D eigenvalue weighted by Gasteiger charge is 2.39. The maximum atomic E-state index is 12.6. The van der Waals surface area contributed by atoms with Crippen LogP contribution >= 0.6 is 11.3 Å². The molecule has 1 aliphatic carbocycles. The van der Waals surface area contributed by atoms with E-state index in [0.717, 1.165) is 12.8 Å².